The number of hydrogen-bond acceptors (Lipinski definition) is 5. The topological polar surface area (TPSA) is 73.5 Å². The third kappa shape index (κ3) is 5.97. The number of fused-ring (bicyclic) bond motifs is 1. The lowest BCUT2D eigenvalue weighted by Crippen LogP contribution is -2.05. The molecule has 4 rings (SSSR count). The second-order valence-corrected chi connectivity index (χ2v) is 9.67. The minimum atomic E-state index is 0.246. The van der Waals surface area contributed by atoms with Crippen LogP contribution in [0.4, 0.5) is 0 Å². The molecule has 0 saturated carbocycles. The predicted molar refractivity (Wildman–Crippen MR) is 142 cm³/mol. The Morgan fingerprint density at radius 1 is 0.882 bits per heavy atom. The maximum absolute atomic E-state index is 9.96. The quantitative estimate of drug-likeness (QED) is 0.153. The summed E-state index contributed by atoms with van der Waals surface area (Å²) in [6.07, 6.45) is 5.74. The molecule has 0 saturated heterocycles. The Hall–Kier alpha value is -3.31. The smallest absolute Gasteiger partial charge is 0.119 e. The van der Waals surface area contributed by atoms with Crippen molar-refractivity contribution in [2.45, 2.75) is 45.4 Å². The van der Waals surface area contributed by atoms with E-state index in [1.54, 1.807) is 29.5 Å². The molecular weight excluding hydrogens is 442 g/mol. The SMILES string of the molecule is CCCCCC(=N)CCOc1ccc(Cc2c(-c3ccc(O)cc3)sc3cc(O)ccc23)cc1. The summed E-state index contributed by atoms with van der Waals surface area (Å²) >= 11 is 1.65. The molecule has 0 aliphatic rings. The van der Waals surface area contributed by atoms with Crippen LogP contribution in [0.15, 0.2) is 66.7 Å². The van der Waals surface area contributed by atoms with E-state index in [-0.39, 0.29) is 11.5 Å². The molecule has 0 aliphatic heterocycles. The van der Waals surface area contributed by atoms with E-state index in [0.29, 0.717) is 13.0 Å². The van der Waals surface area contributed by atoms with Crippen LogP contribution < -0.4 is 4.74 Å². The van der Waals surface area contributed by atoms with Crippen molar-refractivity contribution in [3.63, 3.8) is 0 Å². The van der Waals surface area contributed by atoms with Gasteiger partial charge in [0, 0.05) is 21.7 Å². The Kier molecular flexibility index (Phi) is 7.86. The standard InChI is InChI=1S/C29H31NO3S/c1-2-3-4-5-22(30)16-17-33-25-13-6-20(7-14-25)18-27-26-15-12-24(32)19-28(26)34-29(27)21-8-10-23(31)11-9-21/h6-15,19,30-32H,2-5,16-18H2,1H3. The Bertz CT molecular complexity index is 1240. The number of hydrogen-bond donors (Lipinski definition) is 3. The van der Waals surface area contributed by atoms with Crippen molar-refractivity contribution < 1.29 is 14.9 Å². The first kappa shape index (κ1) is 23.8. The van der Waals surface area contributed by atoms with E-state index >= 15 is 0 Å². The normalized spacial score (nSPS) is 11.1. The molecule has 1 aromatic heterocycles. The van der Waals surface area contributed by atoms with Gasteiger partial charge in [-0.1, -0.05) is 31.9 Å². The second kappa shape index (κ2) is 11.2. The summed E-state index contributed by atoms with van der Waals surface area (Å²) < 4.78 is 6.91. The largest absolute Gasteiger partial charge is 0.508 e. The zero-order chi connectivity index (χ0) is 23.9. The predicted octanol–water partition coefficient (Wildman–Crippen LogP) is 7.94. The molecule has 0 atom stereocenters. The van der Waals surface area contributed by atoms with Gasteiger partial charge in [-0.3, -0.25) is 0 Å². The number of thiophene rings is 1. The molecular formula is C29H31NO3S. The first-order valence-corrected chi connectivity index (χ1v) is 12.7. The molecule has 0 radical (unpaired) electrons. The summed E-state index contributed by atoms with van der Waals surface area (Å²) in [5.41, 5.74) is 4.20. The van der Waals surface area contributed by atoms with Gasteiger partial charge in [0.15, 0.2) is 0 Å². The van der Waals surface area contributed by atoms with Crippen LogP contribution in [-0.4, -0.2) is 22.5 Å². The molecule has 3 aromatic carbocycles. The zero-order valence-electron chi connectivity index (χ0n) is 19.5. The molecule has 3 N–H and O–H groups in total. The maximum Gasteiger partial charge on any atom is 0.119 e. The van der Waals surface area contributed by atoms with E-state index < -0.39 is 0 Å². The number of ether oxygens (including phenoxy) is 1. The van der Waals surface area contributed by atoms with Crippen LogP contribution in [-0.2, 0) is 6.42 Å². The lowest BCUT2D eigenvalue weighted by atomic mass is 9.99. The van der Waals surface area contributed by atoms with Crippen molar-refractivity contribution in [2.75, 3.05) is 6.61 Å². The molecule has 0 amide bonds. The van der Waals surface area contributed by atoms with E-state index in [0.717, 1.165) is 51.3 Å². The molecule has 1 heterocycles. The number of nitrogens with one attached hydrogen (secondary N) is 1. The van der Waals surface area contributed by atoms with Crippen molar-refractivity contribution in [1.82, 2.24) is 0 Å². The van der Waals surface area contributed by atoms with Gasteiger partial charge in [-0.25, -0.2) is 0 Å². The van der Waals surface area contributed by atoms with Crippen molar-refractivity contribution in [3.05, 3.63) is 77.9 Å². The third-order valence-corrected chi connectivity index (χ3v) is 7.21. The van der Waals surface area contributed by atoms with Gasteiger partial charge >= 0.3 is 0 Å². The molecule has 0 spiro atoms. The number of unbranched alkanes of at least 4 members (excludes halogenated alkanes) is 2. The number of rotatable bonds is 11. The lowest BCUT2D eigenvalue weighted by Gasteiger charge is -2.09. The van der Waals surface area contributed by atoms with Gasteiger partial charge in [0.2, 0.25) is 0 Å². The van der Waals surface area contributed by atoms with Gasteiger partial charge in [-0.05, 0) is 95.9 Å². The Labute approximate surface area is 205 Å². The number of phenolic OH excluding ortho intramolecular Hbond substituents is 2. The van der Waals surface area contributed by atoms with Crippen LogP contribution >= 0.6 is 11.3 Å². The molecule has 0 bridgehead atoms. The molecule has 5 heteroatoms. The van der Waals surface area contributed by atoms with E-state index in [1.165, 1.54) is 24.0 Å². The van der Waals surface area contributed by atoms with Crippen LogP contribution in [0.5, 0.6) is 17.2 Å². The fourth-order valence-electron chi connectivity index (χ4n) is 4.07. The summed E-state index contributed by atoms with van der Waals surface area (Å²) in [5, 5.41) is 28.8. The molecule has 0 fully saturated rings. The average Bonchev–Trinajstić information content (AvgIpc) is 3.18. The van der Waals surface area contributed by atoms with Crippen molar-refractivity contribution in [3.8, 4) is 27.7 Å². The summed E-state index contributed by atoms with van der Waals surface area (Å²) in [4.78, 5) is 1.14. The molecule has 0 unspecified atom stereocenters. The van der Waals surface area contributed by atoms with Gasteiger partial charge < -0.3 is 20.4 Å². The van der Waals surface area contributed by atoms with Crippen molar-refractivity contribution in [1.29, 1.82) is 5.41 Å². The highest BCUT2D eigenvalue weighted by atomic mass is 32.1. The van der Waals surface area contributed by atoms with Gasteiger partial charge in [-0.2, -0.15) is 0 Å². The van der Waals surface area contributed by atoms with Crippen LogP contribution in [0, 0.1) is 5.41 Å². The van der Waals surface area contributed by atoms with Gasteiger partial charge in [0.05, 0.1) is 6.61 Å². The highest BCUT2D eigenvalue weighted by Gasteiger charge is 2.15. The lowest BCUT2D eigenvalue weighted by molar-refractivity contribution is 0.328. The van der Waals surface area contributed by atoms with E-state index in [1.807, 2.05) is 36.4 Å². The molecule has 4 nitrogen and oxygen atoms in total. The summed E-state index contributed by atoms with van der Waals surface area (Å²) in [6.45, 7) is 2.71. The van der Waals surface area contributed by atoms with Crippen LogP contribution in [0.1, 0.15) is 50.2 Å². The first-order valence-electron chi connectivity index (χ1n) is 11.9. The highest BCUT2D eigenvalue weighted by Crippen LogP contribution is 2.41. The minimum absolute atomic E-state index is 0.246. The van der Waals surface area contributed by atoms with E-state index in [2.05, 4.69) is 19.1 Å². The molecule has 0 aliphatic carbocycles. The number of aromatic hydroxyl groups is 2. The highest BCUT2D eigenvalue weighted by molar-refractivity contribution is 7.22. The van der Waals surface area contributed by atoms with Gasteiger partial charge in [0.25, 0.3) is 0 Å². The number of phenols is 2. The summed E-state index contributed by atoms with van der Waals surface area (Å²) in [7, 11) is 0. The molecule has 4 aromatic rings. The molecule has 176 valence electrons. The Morgan fingerprint density at radius 3 is 2.35 bits per heavy atom. The van der Waals surface area contributed by atoms with E-state index in [9.17, 15) is 10.2 Å². The van der Waals surface area contributed by atoms with Crippen LogP contribution in [0.3, 0.4) is 0 Å². The second-order valence-electron chi connectivity index (χ2n) is 8.62. The minimum Gasteiger partial charge on any atom is -0.508 e. The average molecular weight is 474 g/mol. The summed E-state index contributed by atoms with van der Waals surface area (Å²) in [5.74, 6) is 1.33. The summed E-state index contributed by atoms with van der Waals surface area (Å²) in [6, 6.07) is 21.0. The van der Waals surface area contributed by atoms with Crippen molar-refractivity contribution in [2.24, 2.45) is 0 Å². The third-order valence-electron chi connectivity index (χ3n) is 5.96. The van der Waals surface area contributed by atoms with Crippen molar-refractivity contribution >= 4 is 27.1 Å². The van der Waals surface area contributed by atoms with Gasteiger partial charge in [0.1, 0.15) is 17.2 Å². The maximum atomic E-state index is 9.96. The van der Waals surface area contributed by atoms with Crippen LogP contribution in [0.25, 0.3) is 20.5 Å². The Balaban J connectivity index is 1.47. The zero-order valence-corrected chi connectivity index (χ0v) is 20.3. The number of benzene rings is 3. The fourth-order valence-corrected chi connectivity index (χ4v) is 5.33. The van der Waals surface area contributed by atoms with Crippen LogP contribution in [0.2, 0.25) is 0 Å². The fraction of sp³-hybridized carbons (Fsp3) is 0.276. The molecule has 34 heavy (non-hydrogen) atoms. The monoisotopic (exact) mass is 473 g/mol. The van der Waals surface area contributed by atoms with E-state index in [4.69, 9.17) is 10.1 Å². The van der Waals surface area contributed by atoms with Gasteiger partial charge in [-0.15, -0.1) is 11.3 Å². The Morgan fingerprint density at radius 2 is 1.62 bits per heavy atom. The first-order chi connectivity index (χ1) is 16.5.